The zero-order valence-electron chi connectivity index (χ0n) is 18.8. The van der Waals surface area contributed by atoms with Gasteiger partial charge in [0.25, 0.3) is 0 Å². The molecule has 1 N–H and O–H groups in total. The summed E-state index contributed by atoms with van der Waals surface area (Å²) in [5.41, 5.74) is 0. The van der Waals surface area contributed by atoms with E-state index in [4.69, 9.17) is 5.11 Å². The van der Waals surface area contributed by atoms with Crippen LogP contribution in [0.15, 0.2) is 12.2 Å². The van der Waals surface area contributed by atoms with E-state index in [0.717, 1.165) is 25.3 Å². The maximum Gasteiger partial charge on any atom is 0.327 e. The van der Waals surface area contributed by atoms with Crippen LogP contribution in [0.3, 0.4) is 0 Å². The first-order valence-corrected chi connectivity index (χ1v) is 12.1. The Labute approximate surface area is 178 Å². The third-order valence-electron chi connectivity index (χ3n) is 5.61. The van der Waals surface area contributed by atoms with E-state index < -0.39 is 12.0 Å². The Morgan fingerprint density at radius 2 is 1.17 bits per heavy atom. The molecular weight excluding hydrogens is 366 g/mol. The molecule has 0 aromatic heterocycles. The van der Waals surface area contributed by atoms with Crippen molar-refractivity contribution < 1.29 is 14.8 Å². The first-order valence-electron chi connectivity index (χ1n) is 12.1. The fraction of sp³-hybridized carbons (Fsp3) is 0.875. The van der Waals surface area contributed by atoms with Gasteiger partial charge < -0.3 is 5.11 Å². The first kappa shape index (κ1) is 27.6. The van der Waals surface area contributed by atoms with Crippen molar-refractivity contribution in [2.45, 2.75) is 135 Å². The van der Waals surface area contributed by atoms with Crippen molar-refractivity contribution in [3.8, 4) is 0 Å². The Hall–Kier alpha value is -1.39. The molecule has 0 aliphatic heterocycles. The van der Waals surface area contributed by atoms with Gasteiger partial charge >= 0.3 is 5.97 Å². The molecule has 0 aliphatic carbocycles. The van der Waals surface area contributed by atoms with Crippen molar-refractivity contribution in [3.63, 3.8) is 0 Å². The summed E-state index contributed by atoms with van der Waals surface area (Å²) in [5.74, 6) is -1.05. The van der Waals surface area contributed by atoms with E-state index in [9.17, 15) is 14.9 Å². The summed E-state index contributed by atoms with van der Waals surface area (Å²) in [4.78, 5) is 21.1. The van der Waals surface area contributed by atoms with Crippen molar-refractivity contribution in [3.05, 3.63) is 22.3 Å². The second-order valence-electron chi connectivity index (χ2n) is 8.36. The summed E-state index contributed by atoms with van der Waals surface area (Å²) in [7, 11) is 0. The Morgan fingerprint density at radius 3 is 1.52 bits per heavy atom. The minimum Gasteiger partial charge on any atom is -0.478 e. The number of nitro groups is 1. The lowest BCUT2D eigenvalue weighted by Crippen LogP contribution is -2.18. The molecule has 0 fully saturated rings. The first-order chi connectivity index (χ1) is 14.1. The summed E-state index contributed by atoms with van der Waals surface area (Å²) >= 11 is 0. The Bertz CT molecular complexity index is 423. The zero-order valence-corrected chi connectivity index (χ0v) is 18.8. The van der Waals surface area contributed by atoms with Gasteiger partial charge in [-0.3, -0.25) is 10.1 Å². The van der Waals surface area contributed by atoms with Gasteiger partial charge in [0, 0.05) is 23.8 Å². The Morgan fingerprint density at radius 1 is 0.793 bits per heavy atom. The topological polar surface area (TPSA) is 80.4 Å². The van der Waals surface area contributed by atoms with Crippen molar-refractivity contribution >= 4 is 5.97 Å². The maximum atomic E-state index is 11.0. The average Bonchev–Trinajstić information content (AvgIpc) is 2.68. The highest BCUT2D eigenvalue weighted by atomic mass is 16.6. The number of nitrogens with zero attached hydrogens (tertiary/aromatic N) is 1. The SMILES string of the molecule is CCCCCCCCCCCCCCCCCCCC(CC=CC(=O)O)[N+](=O)[O-]. The van der Waals surface area contributed by atoms with E-state index in [1.807, 2.05) is 0 Å². The standard InChI is InChI=1S/C24H45NO4/c1-2-3-4-5-6-7-8-9-10-11-12-13-14-15-16-17-18-20-23(25(28)29)21-19-22-24(26)27/h19,22-23H,2-18,20-21H2,1H3,(H,26,27). The maximum absolute atomic E-state index is 11.0. The Kier molecular flexibility index (Phi) is 20.3. The van der Waals surface area contributed by atoms with Crippen LogP contribution in [-0.2, 0) is 4.79 Å². The van der Waals surface area contributed by atoms with Crippen molar-refractivity contribution in [1.29, 1.82) is 0 Å². The summed E-state index contributed by atoms with van der Waals surface area (Å²) in [6, 6.07) is -0.651. The highest BCUT2D eigenvalue weighted by Gasteiger charge is 2.17. The van der Waals surface area contributed by atoms with Crippen LogP contribution in [0.2, 0.25) is 0 Å². The predicted molar refractivity (Wildman–Crippen MR) is 121 cm³/mol. The van der Waals surface area contributed by atoms with E-state index in [1.54, 1.807) is 0 Å². The van der Waals surface area contributed by atoms with E-state index in [0.29, 0.717) is 6.42 Å². The Balaban J connectivity index is 3.35. The lowest BCUT2D eigenvalue weighted by atomic mass is 10.0. The fourth-order valence-electron chi connectivity index (χ4n) is 3.74. The van der Waals surface area contributed by atoms with Crippen LogP contribution >= 0.6 is 0 Å². The van der Waals surface area contributed by atoms with Gasteiger partial charge in [-0.25, -0.2) is 4.79 Å². The fourth-order valence-corrected chi connectivity index (χ4v) is 3.74. The zero-order chi connectivity index (χ0) is 21.6. The molecule has 170 valence electrons. The van der Waals surface area contributed by atoms with Gasteiger partial charge in [-0.05, 0) is 6.42 Å². The van der Waals surface area contributed by atoms with Crippen LogP contribution in [0.4, 0.5) is 0 Å². The number of unbranched alkanes of at least 4 members (excludes halogenated alkanes) is 16. The summed E-state index contributed by atoms with van der Waals surface area (Å²) in [5, 5.41) is 19.5. The van der Waals surface area contributed by atoms with Gasteiger partial charge in [0.15, 0.2) is 0 Å². The van der Waals surface area contributed by atoms with E-state index in [2.05, 4.69) is 6.92 Å². The number of carbonyl (C=O) groups is 1. The predicted octanol–water partition coefficient (Wildman–Crippen LogP) is 7.70. The molecule has 1 atom stereocenters. The van der Waals surface area contributed by atoms with Crippen molar-refractivity contribution in [2.24, 2.45) is 0 Å². The van der Waals surface area contributed by atoms with Crippen LogP contribution < -0.4 is 0 Å². The molecule has 0 rings (SSSR count). The molecular formula is C24H45NO4. The smallest absolute Gasteiger partial charge is 0.327 e. The lowest BCUT2D eigenvalue weighted by molar-refractivity contribution is -0.522. The molecule has 5 nitrogen and oxygen atoms in total. The van der Waals surface area contributed by atoms with Crippen molar-refractivity contribution in [2.75, 3.05) is 0 Å². The average molecular weight is 412 g/mol. The molecule has 5 heteroatoms. The second kappa shape index (κ2) is 21.3. The molecule has 0 aromatic carbocycles. The van der Waals surface area contributed by atoms with Crippen LogP contribution in [0.5, 0.6) is 0 Å². The molecule has 0 saturated heterocycles. The highest BCUT2D eigenvalue weighted by Crippen LogP contribution is 2.15. The minimum atomic E-state index is -1.05. The number of hydrogen-bond acceptors (Lipinski definition) is 3. The normalized spacial score (nSPS) is 12.4. The van der Waals surface area contributed by atoms with Gasteiger partial charge in [-0.15, -0.1) is 0 Å². The van der Waals surface area contributed by atoms with Gasteiger partial charge in [-0.2, -0.15) is 0 Å². The molecule has 0 saturated carbocycles. The third-order valence-corrected chi connectivity index (χ3v) is 5.61. The molecule has 0 spiro atoms. The number of rotatable bonds is 22. The summed E-state index contributed by atoms with van der Waals surface area (Å²) in [6.45, 7) is 2.27. The molecule has 0 radical (unpaired) electrons. The van der Waals surface area contributed by atoms with Gasteiger partial charge in [0.2, 0.25) is 6.04 Å². The molecule has 0 amide bonds. The number of carboxylic acid groups (broad SMARTS) is 1. The van der Waals surface area contributed by atoms with Gasteiger partial charge in [-0.1, -0.05) is 116 Å². The van der Waals surface area contributed by atoms with E-state index in [1.165, 1.54) is 96.0 Å². The third kappa shape index (κ3) is 21.1. The summed E-state index contributed by atoms with van der Waals surface area (Å²) in [6.07, 6.45) is 25.3. The van der Waals surface area contributed by atoms with Crippen molar-refractivity contribution in [1.82, 2.24) is 0 Å². The van der Waals surface area contributed by atoms with Crippen LogP contribution in [-0.4, -0.2) is 22.0 Å². The van der Waals surface area contributed by atoms with Crippen LogP contribution in [0.1, 0.15) is 129 Å². The molecule has 0 bridgehead atoms. The number of carboxylic acids is 1. The molecule has 0 aromatic rings. The quantitative estimate of drug-likeness (QED) is 0.0856. The summed E-state index contributed by atoms with van der Waals surface area (Å²) < 4.78 is 0. The highest BCUT2D eigenvalue weighted by molar-refractivity contribution is 5.79. The monoisotopic (exact) mass is 411 g/mol. The molecule has 1 unspecified atom stereocenters. The molecule has 0 heterocycles. The van der Waals surface area contributed by atoms with Crippen LogP contribution in [0, 0.1) is 10.1 Å². The van der Waals surface area contributed by atoms with Gasteiger partial charge in [0.05, 0.1) is 0 Å². The number of hydrogen-bond donors (Lipinski definition) is 1. The largest absolute Gasteiger partial charge is 0.478 e. The molecule has 29 heavy (non-hydrogen) atoms. The second-order valence-corrected chi connectivity index (χ2v) is 8.36. The minimum absolute atomic E-state index is 0.207. The number of aliphatic carboxylic acids is 1. The van der Waals surface area contributed by atoms with E-state index in [-0.39, 0.29) is 11.3 Å². The van der Waals surface area contributed by atoms with Gasteiger partial charge in [0.1, 0.15) is 0 Å². The van der Waals surface area contributed by atoms with E-state index >= 15 is 0 Å². The lowest BCUT2D eigenvalue weighted by Gasteiger charge is -2.07. The molecule has 0 aliphatic rings. The van der Waals surface area contributed by atoms with Crippen LogP contribution in [0.25, 0.3) is 0 Å².